The molecule has 3 aromatic rings. The third-order valence-corrected chi connectivity index (χ3v) is 4.78. The molecule has 1 heterocycles. The van der Waals surface area contributed by atoms with Gasteiger partial charge >= 0.3 is 6.18 Å². The zero-order valence-electron chi connectivity index (χ0n) is 13.1. The Morgan fingerprint density at radius 3 is 2.19 bits per heavy atom. The van der Waals surface area contributed by atoms with Gasteiger partial charge in [-0.05, 0) is 24.3 Å². The van der Waals surface area contributed by atoms with Crippen LogP contribution in [-0.2, 0) is 16.2 Å². The molecule has 0 amide bonds. The Bertz CT molecular complexity index is 1000. The van der Waals surface area contributed by atoms with Crippen molar-refractivity contribution in [2.75, 3.05) is 10.0 Å². The number of sulfonamides is 1. The highest BCUT2D eigenvalue weighted by atomic mass is 32.2. The van der Waals surface area contributed by atoms with Gasteiger partial charge in [-0.15, -0.1) is 0 Å². The molecule has 0 bridgehead atoms. The summed E-state index contributed by atoms with van der Waals surface area (Å²) >= 11 is 0. The van der Waals surface area contributed by atoms with Crippen molar-refractivity contribution in [1.29, 1.82) is 0 Å². The van der Waals surface area contributed by atoms with E-state index in [1.165, 1.54) is 6.07 Å². The third-order valence-electron chi connectivity index (χ3n) is 3.40. The molecule has 0 saturated heterocycles. The van der Waals surface area contributed by atoms with Gasteiger partial charge < -0.3 is 5.32 Å². The van der Waals surface area contributed by atoms with Gasteiger partial charge in [-0.25, -0.2) is 8.42 Å². The van der Waals surface area contributed by atoms with E-state index in [9.17, 15) is 21.6 Å². The lowest BCUT2D eigenvalue weighted by molar-refractivity contribution is -0.143. The number of aromatic amines is 1. The number of hydrogen-bond donors (Lipinski definition) is 3. The fourth-order valence-electron chi connectivity index (χ4n) is 2.24. The molecule has 0 aliphatic carbocycles. The van der Waals surface area contributed by atoms with Gasteiger partial charge in [-0.2, -0.15) is 18.3 Å². The zero-order valence-corrected chi connectivity index (χ0v) is 13.9. The third kappa shape index (κ3) is 3.80. The highest BCUT2D eigenvalue weighted by molar-refractivity contribution is 7.92. The lowest BCUT2D eigenvalue weighted by atomic mass is 10.2. The summed E-state index contributed by atoms with van der Waals surface area (Å²) in [5.41, 5.74) is -0.248. The summed E-state index contributed by atoms with van der Waals surface area (Å²) in [6, 6.07) is 15.2. The second-order valence-electron chi connectivity index (χ2n) is 5.25. The summed E-state index contributed by atoms with van der Waals surface area (Å²) in [6.45, 7) is 0. The van der Waals surface area contributed by atoms with Crippen LogP contribution >= 0.6 is 0 Å². The van der Waals surface area contributed by atoms with Crippen molar-refractivity contribution in [3.8, 4) is 0 Å². The van der Waals surface area contributed by atoms with Gasteiger partial charge in [0.15, 0.2) is 5.69 Å². The van der Waals surface area contributed by atoms with Crippen LogP contribution < -0.4 is 10.0 Å². The number of para-hydroxylation sites is 3. The fraction of sp³-hybridized carbons (Fsp3) is 0.0625. The Morgan fingerprint density at radius 2 is 1.54 bits per heavy atom. The lowest BCUT2D eigenvalue weighted by Crippen LogP contribution is -2.18. The average Bonchev–Trinajstić information content (AvgIpc) is 3.08. The molecule has 0 fully saturated rings. The Morgan fingerprint density at radius 1 is 0.923 bits per heavy atom. The molecule has 0 radical (unpaired) electrons. The van der Waals surface area contributed by atoms with E-state index >= 15 is 0 Å². The first-order valence-electron chi connectivity index (χ1n) is 7.32. The summed E-state index contributed by atoms with van der Waals surface area (Å²) in [4.78, 5) is -0.973. The molecule has 136 valence electrons. The van der Waals surface area contributed by atoms with Crippen LogP contribution in [0.15, 0.2) is 65.7 Å². The van der Waals surface area contributed by atoms with Crippen molar-refractivity contribution >= 4 is 27.1 Å². The van der Waals surface area contributed by atoms with Crippen LogP contribution in [0.25, 0.3) is 0 Å². The number of benzene rings is 2. The number of H-pyrrole nitrogens is 1. The van der Waals surface area contributed by atoms with Crippen molar-refractivity contribution in [3.05, 3.63) is 66.5 Å². The van der Waals surface area contributed by atoms with Gasteiger partial charge in [0.05, 0.1) is 17.6 Å². The van der Waals surface area contributed by atoms with Crippen molar-refractivity contribution in [3.63, 3.8) is 0 Å². The fourth-order valence-corrected chi connectivity index (χ4v) is 3.44. The molecule has 0 unspecified atom stereocenters. The van der Waals surface area contributed by atoms with Gasteiger partial charge in [-0.3, -0.25) is 9.82 Å². The van der Waals surface area contributed by atoms with Crippen molar-refractivity contribution in [1.82, 2.24) is 10.2 Å². The van der Waals surface area contributed by atoms with Crippen molar-refractivity contribution < 1.29 is 21.6 Å². The highest BCUT2D eigenvalue weighted by Crippen LogP contribution is 2.34. The average molecular weight is 382 g/mol. The molecule has 26 heavy (non-hydrogen) atoms. The molecule has 3 N–H and O–H groups in total. The first-order valence-corrected chi connectivity index (χ1v) is 8.80. The van der Waals surface area contributed by atoms with Gasteiger partial charge in [0.1, 0.15) is 4.90 Å². The first-order chi connectivity index (χ1) is 12.3. The number of aromatic nitrogens is 2. The van der Waals surface area contributed by atoms with Gasteiger partial charge in [0.2, 0.25) is 0 Å². The van der Waals surface area contributed by atoms with Crippen molar-refractivity contribution in [2.24, 2.45) is 0 Å². The topological polar surface area (TPSA) is 86.9 Å². The zero-order chi connectivity index (χ0) is 18.8. The number of anilines is 3. The number of nitrogens with zero attached hydrogens (tertiary/aromatic N) is 1. The predicted octanol–water partition coefficient (Wildman–Crippen LogP) is 3.97. The second kappa shape index (κ2) is 6.71. The maximum Gasteiger partial charge on any atom is 0.434 e. The first kappa shape index (κ1) is 17.8. The maximum atomic E-state index is 12.9. The summed E-state index contributed by atoms with van der Waals surface area (Å²) in [5.74, 6) is 0. The number of alkyl halides is 3. The smallest absolute Gasteiger partial charge is 0.354 e. The van der Waals surface area contributed by atoms with E-state index in [1.807, 2.05) is 6.07 Å². The van der Waals surface area contributed by atoms with Crippen LogP contribution in [0.4, 0.5) is 30.2 Å². The van der Waals surface area contributed by atoms with Crippen LogP contribution in [0.2, 0.25) is 0 Å². The molecule has 0 aliphatic rings. The second-order valence-corrected chi connectivity index (χ2v) is 6.90. The Hall–Kier alpha value is -3.01. The minimum atomic E-state index is -4.87. The summed E-state index contributed by atoms with van der Waals surface area (Å²) < 4.78 is 65.9. The maximum absolute atomic E-state index is 12.9. The molecule has 0 atom stereocenters. The molecular formula is C16H13F3N4O2S. The highest BCUT2D eigenvalue weighted by Gasteiger charge is 2.39. The van der Waals surface area contributed by atoms with E-state index in [1.54, 1.807) is 47.6 Å². The molecule has 2 aromatic carbocycles. The minimum Gasteiger partial charge on any atom is -0.354 e. The molecule has 10 heteroatoms. The number of halogens is 3. The molecule has 6 nitrogen and oxygen atoms in total. The Balaban J connectivity index is 1.93. The minimum absolute atomic E-state index is 0.102. The predicted molar refractivity (Wildman–Crippen MR) is 90.6 cm³/mol. The van der Waals surface area contributed by atoms with E-state index < -0.39 is 26.8 Å². The standard InChI is InChI=1S/C16H13F3N4O2S/c17-16(18,19)15-14(10-20-22-15)26(24,25)23-13-9-5-4-8-12(13)21-11-6-2-1-3-7-11/h1-10,21,23H,(H,20,22). The monoisotopic (exact) mass is 382 g/mol. The van der Waals surface area contributed by atoms with Crippen molar-refractivity contribution in [2.45, 2.75) is 11.1 Å². The molecular weight excluding hydrogens is 369 g/mol. The quantitative estimate of drug-likeness (QED) is 0.623. The van der Waals surface area contributed by atoms with E-state index in [2.05, 4.69) is 15.1 Å². The Kier molecular flexibility index (Phi) is 4.60. The number of nitrogens with one attached hydrogen (secondary N) is 3. The normalized spacial score (nSPS) is 12.0. The molecule has 0 saturated carbocycles. The van der Waals surface area contributed by atoms with Gasteiger partial charge in [0.25, 0.3) is 10.0 Å². The molecule has 3 rings (SSSR count). The SMILES string of the molecule is O=S(=O)(Nc1ccccc1Nc1ccccc1)c1cn[nH]c1C(F)(F)F. The number of hydrogen-bond acceptors (Lipinski definition) is 4. The van der Waals surface area contributed by atoms with Crippen LogP contribution in [-0.4, -0.2) is 18.6 Å². The van der Waals surface area contributed by atoms with E-state index in [0.29, 0.717) is 17.6 Å². The van der Waals surface area contributed by atoms with Gasteiger partial charge in [0, 0.05) is 5.69 Å². The summed E-state index contributed by atoms with van der Waals surface area (Å²) in [6.07, 6.45) is -4.25. The number of rotatable bonds is 5. The van der Waals surface area contributed by atoms with Crippen LogP contribution in [0.5, 0.6) is 0 Å². The van der Waals surface area contributed by atoms with Crippen LogP contribution in [0.3, 0.4) is 0 Å². The molecule has 1 aromatic heterocycles. The van der Waals surface area contributed by atoms with E-state index in [0.717, 1.165) is 0 Å². The molecule has 0 spiro atoms. The summed E-state index contributed by atoms with van der Waals surface area (Å²) in [5, 5.41) is 7.90. The molecule has 0 aliphatic heterocycles. The Labute approximate surface area is 147 Å². The van der Waals surface area contributed by atoms with E-state index in [-0.39, 0.29) is 5.69 Å². The summed E-state index contributed by atoms with van der Waals surface area (Å²) in [7, 11) is -4.50. The lowest BCUT2D eigenvalue weighted by Gasteiger charge is -2.14. The van der Waals surface area contributed by atoms with Crippen LogP contribution in [0, 0.1) is 0 Å². The largest absolute Gasteiger partial charge is 0.434 e. The van der Waals surface area contributed by atoms with Crippen LogP contribution in [0.1, 0.15) is 5.69 Å². The van der Waals surface area contributed by atoms with E-state index in [4.69, 9.17) is 0 Å². The van der Waals surface area contributed by atoms with Gasteiger partial charge in [-0.1, -0.05) is 30.3 Å².